The zero-order chi connectivity index (χ0) is 14.9. The largest absolute Gasteiger partial charge is 0.459 e. The average Bonchev–Trinajstić information content (AvgIpc) is 3.18. The van der Waals surface area contributed by atoms with Crippen LogP contribution in [-0.4, -0.2) is 11.9 Å². The van der Waals surface area contributed by atoms with Gasteiger partial charge in [0.05, 0.1) is 6.26 Å². The first-order valence-electron chi connectivity index (χ1n) is 6.85. The summed E-state index contributed by atoms with van der Waals surface area (Å²) in [5, 5.41) is 2.17. The van der Waals surface area contributed by atoms with E-state index in [1.807, 2.05) is 42.5 Å². The first-order valence-corrected chi connectivity index (χ1v) is 6.85. The highest BCUT2D eigenvalue weighted by atomic mass is 16.6. The summed E-state index contributed by atoms with van der Waals surface area (Å²) in [5.41, 5.74) is 1.19. The van der Waals surface area contributed by atoms with Crippen molar-refractivity contribution in [2.45, 2.75) is 0 Å². The van der Waals surface area contributed by atoms with Crippen molar-refractivity contribution in [2.75, 3.05) is 0 Å². The lowest BCUT2D eigenvalue weighted by Gasteiger charge is -2.01. The smallest absolute Gasteiger partial charge is 0.363 e. The van der Waals surface area contributed by atoms with Crippen LogP contribution in [0.3, 0.4) is 0 Å². The molecular formula is C18H11NO3. The van der Waals surface area contributed by atoms with Crippen LogP contribution < -0.4 is 0 Å². The third kappa shape index (κ3) is 2.11. The van der Waals surface area contributed by atoms with Crippen molar-refractivity contribution in [3.8, 4) is 0 Å². The molecule has 2 aromatic carbocycles. The number of nitrogens with zero attached hydrogens (tertiary/aromatic N) is 1. The molecule has 0 radical (unpaired) electrons. The van der Waals surface area contributed by atoms with E-state index in [9.17, 15) is 4.79 Å². The molecule has 0 unspecified atom stereocenters. The van der Waals surface area contributed by atoms with Gasteiger partial charge in [0, 0.05) is 0 Å². The van der Waals surface area contributed by atoms with Gasteiger partial charge in [-0.15, -0.1) is 0 Å². The Morgan fingerprint density at radius 3 is 2.68 bits per heavy atom. The number of carbonyl (C=O) groups is 1. The summed E-state index contributed by atoms with van der Waals surface area (Å²) >= 11 is 0. The van der Waals surface area contributed by atoms with Gasteiger partial charge in [0.25, 0.3) is 5.90 Å². The van der Waals surface area contributed by atoms with Crippen LogP contribution in [0, 0.1) is 0 Å². The highest BCUT2D eigenvalue weighted by Gasteiger charge is 2.25. The monoisotopic (exact) mass is 289 g/mol. The van der Waals surface area contributed by atoms with Gasteiger partial charge in [-0.2, -0.15) is 0 Å². The molecule has 0 atom stereocenters. The number of ether oxygens (including phenoxy) is 1. The summed E-state index contributed by atoms with van der Waals surface area (Å²) in [7, 11) is 0. The zero-order valence-electron chi connectivity index (χ0n) is 11.5. The van der Waals surface area contributed by atoms with Crippen LogP contribution >= 0.6 is 0 Å². The van der Waals surface area contributed by atoms with Crippen LogP contribution in [-0.2, 0) is 9.53 Å². The number of hydrogen-bond donors (Lipinski definition) is 0. The quantitative estimate of drug-likeness (QED) is 0.533. The van der Waals surface area contributed by atoms with E-state index in [2.05, 4.69) is 4.99 Å². The van der Waals surface area contributed by atoms with Crippen LogP contribution in [0.5, 0.6) is 0 Å². The molecule has 3 aromatic rings. The number of benzene rings is 2. The first kappa shape index (κ1) is 12.6. The third-order valence-corrected chi connectivity index (χ3v) is 3.47. The second kappa shape index (κ2) is 5.00. The standard InChI is InChI=1S/C18H11NO3/c20-18-15(19-17(22-18)16-9-4-10-21-16)11-13-7-3-6-12-5-1-2-8-14(12)13/h1-11H/b15-11-. The van der Waals surface area contributed by atoms with Crippen LogP contribution in [0.25, 0.3) is 16.8 Å². The fraction of sp³-hybridized carbons (Fsp3) is 0. The Balaban J connectivity index is 1.80. The zero-order valence-corrected chi connectivity index (χ0v) is 11.5. The average molecular weight is 289 g/mol. The Morgan fingerprint density at radius 1 is 0.955 bits per heavy atom. The van der Waals surface area contributed by atoms with Crippen LogP contribution in [0.15, 0.2) is 76.0 Å². The number of rotatable bonds is 2. The van der Waals surface area contributed by atoms with E-state index in [4.69, 9.17) is 9.15 Å². The number of fused-ring (bicyclic) bond motifs is 1. The van der Waals surface area contributed by atoms with E-state index in [0.717, 1.165) is 16.3 Å². The molecule has 0 saturated heterocycles. The molecule has 0 N–H and O–H groups in total. The predicted octanol–water partition coefficient (Wildman–Crippen LogP) is 3.78. The van der Waals surface area contributed by atoms with Gasteiger partial charge in [0.15, 0.2) is 11.5 Å². The Hall–Kier alpha value is -3.14. The Kier molecular flexibility index (Phi) is 2.86. The second-order valence-electron chi connectivity index (χ2n) is 4.88. The van der Waals surface area contributed by atoms with Crippen molar-refractivity contribution in [3.63, 3.8) is 0 Å². The minimum absolute atomic E-state index is 0.196. The number of furan rings is 1. The maximum Gasteiger partial charge on any atom is 0.363 e. The second-order valence-corrected chi connectivity index (χ2v) is 4.88. The Bertz CT molecular complexity index is 915. The summed E-state index contributed by atoms with van der Waals surface area (Å²) in [4.78, 5) is 16.2. The Labute approximate surface area is 126 Å². The molecule has 0 bridgehead atoms. The lowest BCUT2D eigenvalue weighted by molar-refractivity contribution is -0.130. The first-order chi connectivity index (χ1) is 10.8. The molecule has 2 heterocycles. The molecule has 0 saturated carbocycles. The van der Waals surface area contributed by atoms with Crippen LogP contribution in [0.2, 0.25) is 0 Å². The molecule has 1 aliphatic rings. The molecule has 106 valence electrons. The molecule has 1 aliphatic heterocycles. The van der Waals surface area contributed by atoms with E-state index in [1.165, 1.54) is 6.26 Å². The van der Waals surface area contributed by atoms with E-state index in [0.29, 0.717) is 5.76 Å². The van der Waals surface area contributed by atoms with Crippen LogP contribution in [0.4, 0.5) is 0 Å². The molecule has 0 fully saturated rings. The maximum absolute atomic E-state index is 12.0. The summed E-state index contributed by atoms with van der Waals surface area (Å²) in [6.07, 6.45) is 3.25. The van der Waals surface area contributed by atoms with Crippen molar-refractivity contribution in [1.29, 1.82) is 0 Å². The molecule has 4 rings (SSSR count). The van der Waals surface area contributed by atoms with Gasteiger partial charge in [-0.05, 0) is 34.5 Å². The number of aliphatic imine (C=N–C) groups is 1. The molecule has 0 amide bonds. The van der Waals surface area contributed by atoms with Crippen molar-refractivity contribution in [3.05, 3.63) is 77.9 Å². The molecule has 0 aliphatic carbocycles. The topological polar surface area (TPSA) is 51.8 Å². The highest BCUT2D eigenvalue weighted by molar-refractivity contribution is 6.12. The van der Waals surface area contributed by atoms with E-state index < -0.39 is 5.97 Å². The summed E-state index contributed by atoms with van der Waals surface area (Å²) in [6, 6.07) is 17.3. The van der Waals surface area contributed by atoms with Crippen molar-refractivity contribution >= 4 is 28.7 Å². The van der Waals surface area contributed by atoms with Gasteiger partial charge >= 0.3 is 5.97 Å². The van der Waals surface area contributed by atoms with Gasteiger partial charge < -0.3 is 9.15 Å². The molecule has 22 heavy (non-hydrogen) atoms. The molecule has 1 aromatic heterocycles. The summed E-state index contributed by atoms with van der Waals surface area (Å²) in [6.45, 7) is 0. The lowest BCUT2D eigenvalue weighted by Crippen LogP contribution is -2.04. The lowest BCUT2D eigenvalue weighted by atomic mass is 10.0. The van der Waals surface area contributed by atoms with E-state index >= 15 is 0 Å². The molecule has 4 heteroatoms. The minimum Gasteiger partial charge on any atom is -0.459 e. The number of carbonyl (C=O) groups excluding carboxylic acids is 1. The number of esters is 1. The normalized spacial score (nSPS) is 16.1. The van der Waals surface area contributed by atoms with Crippen molar-refractivity contribution in [1.82, 2.24) is 0 Å². The number of hydrogen-bond acceptors (Lipinski definition) is 4. The maximum atomic E-state index is 12.0. The van der Waals surface area contributed by atoms with E-state index in [-0.39, 0.29) is 11.6 Å². The third-order valence-electron chi connectivity index (χ3n) is 3.47. The van der Waals surface area contributed by atoms with E-state index in [1.54, 1.807) is 18.2 Å². The van der Waals surface area contributed by atoms with Gasteiger partial charge in [-0.25, -0.2) is 9.79 Å². The van der Waals surface area contributed by atoms with Gasteiger partial charge in [-0.3, -0.25) is 0 Å². The van der Waals surface area contributed by atoms with Gasteiger partial charge in [0.2, 0.25) is 0 Å². The Morgan fingerprint density at radius 2 is 1.82 bits per heavy atom. The molecule has 0 spiro atoms. The van der Waals surface area contributed by atoms with Gasteiger partial charge in [0.1, 0.15) is 0 Å². The minimum atomic E-state index is -0.473. The number of cyclic esters (lactones) is 1. The summed E-state index contributed by atoms with van der Waals surface area (Å²) < 4.78 is 10.4. The fourth-order valence-corrected chi connectivity index (χ4v) is 2.44. The van der Waals surface area contributed by atoms with Crippen LogP contribution in [0.1, 0.15) is 11.3 Å². The molecule has 4 nitrogen and oxygen atoms in total. The molecular weight excluding hydrogens is 278 g/mol. The van der Waals surface area contributed by atoms with Crippen molar-refractivity contribution < 1.29 is 13.9 Å². The fourth-order valence-electron chi connectivity index (χ4n) is 2.44. The van der Waals surface area contributed by atoms with Crippen molar-refractivity contribution in [2.24, 2.45) is 4.99 Å². The van der Waals surface area contributed by atoms with Gasteiger partial charge in [-0.1, -0.05) is 42.5 Å². The highest BCUT2D eigenvalue weighted by Crippen LogP contribution is 2.24. The summed E-state index contributed by atoms with van der Waals surface area (Å²) in [5.74, 6) is 0.162. The predicted molar refractivity (Wildman–Crippen MR) is 83.3 cm³/mol. The SMILES string of the molecule is O=C1OC(c2ccco2)=N/C1=C\c1cccc2ccccc12.